The molecule has 1 saturated heterocycles. The van der Waals surface area contributed by atoms with Gasteiger partial charge in [-0.2, -0.15) is 5.10 Å². The van der Waals surface area contributed by atoms with E-state index in [9.17, 15) is 5.21 Å². The predicted octanol–water partition coefficient (Wildman–Crippen LogP) is 0.797. The van der Waals surface area contributed by atoms with Crippen LogP contribution in [0.4, 0.5) is 0 Å². The Kier molecular flexibility index (Phi) is 4.85. The van der Waals surface area contributed by atoms with E-state index in [-0.39, 0.29) is 6.04 Å². The first kappa shape index (κ1) is 15.4. The number of aromatic nitrogens is 2. The predicted molar refractivity (Wildman–Crippen MR) is 81.2 cm³/mol. The Bertz CT molecular complexity index is 530. The Balaban J connectivity index is 2.33. The van der Waals surface area contributed by atoms with E-state index in [0.29, 0.717) is 25.6 Å². The zero-order valence-electron chi connectivity index (χ0n) is 13.0. The molecule has 0 aromatic carbocycles. The van der Waals surface area contributed by atoms with Crippen LogP contribution in [0.1, 0.15) is 18.2 Å². The van der Waals surface area contributed by atoms with E-state index < -0.39 is 0 Å². The van der Waals surface area contributed by atoms with Gasteiger partial charge >= 0.3 is 0 Å². The maximum atomic E-state index is 9.39. The fourth-order valence-corrected chi connectivity index (χ4v) is 2.56. The van der Waals surface area contributed by atoms with Crippen LogP contribution in [0.3, 0.4) is 0 Å². The van der Waals surface area contributed by atoms with Gasteiger partial charge in [-0.25, -0.2) is 0 Å². The molecule has 1 aromatic heterocycles. The van der Waals surface area contributed by atoms with E-state index in [0.717, 1.165) is 17.0 Å². The zero-order valence-corrected chi connectivity index (χ0v) is 13.0. The minimum atomic E-state index is 0.173. The minimum absolute atomic E-state index is 0.173. The molecule has 1 atom stereocenters. The van der Waals surface area contributed by atoms with Crippen molar-refractivity contribution in [3.63, 3.8) is 0 Å². The number of oxime groups is 1. The second-order valence-corrected chi connectivity index (χ2v) is 5.18. The zero-order chi connectivity index (χ0) is 15.4. The van der Waals surface area contributed by atoms with Crippen LogP contribution in [0, 0.1) is 6.92 Å². The number of morpholine rings is 1. The number of hydrogen-bond donors (Lipinski definition) is 2. The summed E-state index contributed by atoms with van der Waals surface area (Å²) in [4.78, 5) is 2.03. The third kappa shape index (κ3) is 3.18. The summed E-state index contributed by atoms with van der Waals surface area (Å²) in [5, 5.41) is 20.2. The van der Waals surface area contributed by atoms with Crippen LogP contribution in [0.15, 0.2) is 17.4 Å². The summed E-state index contributed by atoms with van der Waals surface area (Å²) in [5.41, 5.74) is 2.89. The normalized spacial score (nSPS) is 20.8. The molecule has 2 N–H and O–H groups in total. The molecule has 0 saturated carbocycles. The lowest BCUT2D eigenvalue weighted by Crippen LogP contribution is -2.46. The average Bonchev–Trinajstić information content (AvgIpc) is 2.81. The molecule has 21 heavy (non-hydrogen) atoms. The highest BCUT2D eigenvalue weighted by atomic mass is 16.5. The molecule has 2 rings (SSSR count). The van der Waals surface area contributed by atoms with Crippen molar-refractivity contribution >= 4 is 11.5 Å². The molecule has 7 heteroatoms. The fourth-order valence-electron chi connectivity index (χ4n) is 2.56. The van der Waals surface area contributed by atoms with Crippen molar-refractivity contribution in [1.29, 1.82) is 0 Å². The van der Waals surface area contributed by atoms with E-state index in [2.05, 4.69) is 15.6 Å². The van der Waals surface area contributed by atoms with E-state index in [4.69, 9.17) is 4.74 Å². The Morgan fingerprint density at radius 3 is 2.90 bits per heavy atom. The first-order chi connectivity index (χ1) is 10.1. The number of nitrogens with one attached hydrogen (secondary N) is 1. The Morgan fingerprint density at radius 2 is 2.38 bits per heavy atom. The highest BCUT2D eigenvalue weighted by Crippen LogP contribution is 2.17. The monoisotopic (exact) mass is 293 g/mol. The van der Waals surface area contributed by atoms with Crippen molar-refractivity contribution in [3.05, 3.63) is 23.5 Å². The summed E-state index contributed by atoms with van der Waals surface area (Å²) in [6.45, 7) is 6.02. The Hall–Kier alpha value is -2.02. The van der Waals surface area contributed by atoms with E-state index in [1.165, 1.54) is 0 Å². The average molecular weight is 293 g/mol. The molecule has 0 radical (unpaired) electrons. The van der Waals surface area contributed by atoms with Crippen LogP contribution in [0.25, 0.3) is 5.70 Å². The van der Waals surface area contributed by atoms with E-state index >= 15 is 0 Å². The minimum Gasteiger partial charge on any atom is -0.409 e. The maximum absolute atomic E-state index is 9.39. The second-order valence-electron chi connectivity index (χ2n) is 5.18. The van der Waals surface area contributed by atoms with Crippen LogP contribution in [-0.2, 0) is 11.8 Å². The standard InChI is InChI=1S/C14H23N5O2/c1-10-8-16-18(4)14(10)12(15-3)7-13(17-20)19-5-6-21-9-11(19)2/h7-8,11,15,20H,5-6,9H2,1-4H3/b12-7-,17-13+/t11-/m1/s1. The van der Waals surface area contributed by atoms with Crippen LogP contribution in [0.5, 0.6) is 0 Å². The molecule has 7 nitrogen and oxygen atoms in total. The molecule has 1 aliphatic rings. The smallest absolute Gasteiger partial charge is 0.170 e. The summed E-state index contributed by atoms with van der Waals surface area (Å²) >= 11 is 0. The molecule has 0 aliphatic carbocycles. The van der Waals surface area contributed by atoms with Gasteiger partial charge in [-0.1, -0.05) is 5.16 Å². The molecule has 1 fully saturated rings. The Morgan fingerprint density at radius 1 is 1.62 bits per heavy atom. The molecular formula is C14H23N5O2. The molecule has 0 bridgehead atoms. The topological polar surface area (TPSA) is 74.9 Å². The molecule has 0 amide bonds. The third-order valence-electron chi connectivity index (χ3n) is 3.68. The largest absolute Gasteiger partial charge is 0.409 e. The lowest BCUT2D eigenvalue weighted by molar-refractivity contribution is 0.0323. The number of rotatable bonds is 3. The SMILES string of the molecule is CN/C(=C\C(=N/O)N1CCOC[C@H]1C)c1c(C)cnn1C. The summed E-state index contributed by atoms with van der Waals surface area (Å²) in [6.07, 6.45) is 3.65. The van der Waals surface area contributed by atoms with Gasteiger partial charge in [0, 0.05) is 26.7 Å². The Labute approximate surface area is 124 Å². The van der Waals surface area contributed by atoms with E-state index in [1.807, 2.05) is 45.1 Å². The number of hydrogen-bond acceptors (Lipinski definition) is 5. The summed E-state index contributed by atoms with van der Waals surface area (Å²) in [6, 6.07) is 0.173. The molecular weight excluding hydrogens is 270 g/mol. The molecule has 0 spiro atoms. The highest BCUT2D eigenvalue weighted by Gasteiger charge is 2.22. The van der Waals surface area contributed by atoms with Gasteiger partial charge in [0.25, 0.3) is 0 Å². The van der Waals surface area contributed by atoms with Crippen molar-refractivity contribution in [2.24, 2.45) is 12.2 Å². The van der Waals surface area contributed by atoms with Gasteiger partial charge in [-0.3, -0.25) is 4.68 Å². The first-order valence-electron chi connectivity index (χ1n) is 7.03. The lowest BCUT2D eigenvalue weighted by atomic mass is 10.1. The quantitative estimate of drug-likeness (QED) is 0.373. The lowest BCUT2D eigenvalue weighted by Gasteiger charge is -2.34. The molecule has 0 unspecified atom stereocenters. The van der Waals surface area contributed by atoms with Gasteiger partial charge in [-0.05, 0) is 19.4 Å². The van der Waals surface area contributed by atoms with Crippen LogP contribution >= 0.6 is 0 Å². The van der Waals surface area contributed by atoms with Crippen molar-refractivity contribution in [2.75, 3.05) is 26.8 Å². The van der Waals surface area contributed by atoms with Crippen molar-refractivity contribution in [3.8, 4) is 0 Å². The van der Waals surface area contributed by atoms with Crippen molar-refractivity contribution in [2.45, 2.75) is 19.9 Å². The van der Waals surface area contributed by atoms with Crippen molar-refractivity contribution in [1.82, 2.24) is 20.0 Å². The van der Waals surface area contributed by atoms with Gasteiger partial charge < -0.3 is 20.2 Å². The summed E-state index contributed by atoms with van der Waals surface area (Å²) in [7, 11) is 3.73. The third-order valence-corrected chi connectivity index (χ3v) is 3.68. The number of amidine groups is 1. The van der Waals surface area contributed by atoms with Gasteiger partial charge in [0.2, 0.25) is 0 Å². The summed E-state index contributed by atoms with van der Waals surface area (Å²) < 4.78 is 7.22. The first-order valence-corrected chi connectivity index (χ1v) is 7.03. The van der Waals surface area contributed by atoms with Gasteiger partial charge in [0.05, 0.1) is 36.8 Å². The van der Waals surface area contributed by atoms with Gasteiger partial charge in [-0.15, -0.1) is 0 Å². The van der Waals surface area contributed by atoms with Crippen LogP contribution < -0.4 is 5.32 Å². The summed E-state index contributed by atoms with van der Waals surface area (Å²) in [5.74, 6) is 0.524. The molecule has 1 aromatic rings. The molecule has 116 valence electrons. The number of nitrogens with zero attached hydrogens (tertiary/aromatic N) is 4. The second kappa shape index (κ2) is 6.62. The fraction of sp³-hybridized carbons (Fsp3) is 0.571. The van der Waals surface area contributed by atoms with Gasteiger partial charge in [0.1, 0.15) is 0 Å². The highest BCUT2D eigenvalue weighted by molar-refractivity contribution is 5.98. The van der Waals surface area contributed by atoms with Crippen LogP contribution in [-0.4, -0.2) is 58.6 Å². The van der Waals surface area contributed by atoms with Crippen LogP contribution in [0.2, 0.25) is 0 Å². The van der Waals surface area contributed by atoms with Gasteiger partial charge in [0.15, 0.2) is 5.84 Å². The molecule has 2 heterocycles. The number of aryl methyl sites for hydroxylation is 2. The van der Waals surface area contributed by atoms with Crippen molar-refractivity contribution < 1.29 is 9.94 Å². The maximum Gasteiger partial charge on any atom is 0.170 e. The molecule has 1 aliphatic heterocycles. The van der Waals surface area contributed by atoms with E-state index in [1.54, 1.807) is 4.68 Å². The number of ether oxygens (including phenoxy) is 1.